The number of likely N-dealkylation sites (tertiary alicyclic amines) is 1. The van der Waals surface area contributed by atoms with E-state index in [0.29, 0.717) is 17.9 Å². The van der Waals surface area contributed by atoms with Crippen molar-refractivity contribution in [3.63, 3.8) is 0 Å². The van der Waals surface area contributed by atoms with Gasteiger partial charge in [0.2, 0.25) is 5.95 Å². The number of rotatable bonds is 5. The van der Waals surface area contributed by atoms with Gasteiger partial charge in [0.05, 0.1) is 12.3 Å². The minimum Gasteiger partial charge on any atom is -0.488 e. The Kier molecular flexibility index (Phi) is 5.74. The highest BCUT2D eigenvalue weighted by atomic mass is 16.5. The molecule has 1 saturated carbocycles. The average Bonchev–Trinajstić information content (AvgIpc) is 3.25. The SMILES string of the molecule is CN1CCC(c2ncc(Nc3ncc4cccc(OC5CCC(N)CC5)c4n3)[nH]2)CC1. The summed E-state index contributed by atoms with van der Waals surface area (Å²) >= 11 is 0. The molecule has 5 rings (SSSR count). The van der Waals surface area contributed by atoms with Crippen LogP contribution in [0.5, 0.6) is 5.75 Å². The topological polar surface area (TPSA) is 105 Å². The Bertz CT molecular complexity index is 1020. The molecule has 1 saturated heterocycles. The van der Waals surface area contributed by atoms with Gasteiger partial charge in [-0.2, -0.15) is 0 Å². The lowest BCUT2D eigenvalue weighted by Gasteiger charge is -2.27. The lowest BCUT2D eigenvalue weighted by atomic mass is 9.94. The second-order valence-electron chi connectivity index (χ2n) is 8.93. The van der Waals surface area contributed by atoms with Gasteiger partial charge in [-0.05, 0) is 64.7 Å². The van der Waals surface area contributed by atoms with Crippen molar-refractivity contribution in [2.75, 3.05) is 25.5 Å². The van der Waals surface area contributed by atoms with Crippen molar-refractivity contribution in [1.29, 1.82) is 0 Å². The number of hydrogen-bond donors (Lipinski definition) is 3. The average molecular weight is 422 g/mol. The number of nitrogens with one attached hydrogen (secondary N) is 2. The van der Waals surface area contributed by atoms with E-state index in [-0.39, 0.29) is 6.10 Å². The van der Waals surface area contributed by atoms with Gasteiger partial charge in [0.25, 0.3) is 0 Å². The largest absolute Gasteiger partial charge is 0.488 e. The first kappa shape index (κ1) is 20.2. The predicted octanol–water partition coefficient (Wildman–Crippen LogP) is 3.55. The number of piperidine rings is 1. The molecule has 0 spiro atoms. The molecule has 1 aliphatic heterocycles. The fourth-order valence-corrected chi connectivity index (χ4v) is 4.58. The summed E-state index contributed by atoms with van der Waals surface area (Å²) in [7, 11) is 2.17. The molecule has 0 bridgehead atoms. The van der Waals surface area contributed by atoms with Crippen molar-refractivity contribution in [3.8, 4) is 5.75 Å². The molecule has 2 aliphatic rings. The molecule has 0 radical (unpaired) electrons. The molecule has 0 atom stereocenters. The van der Waals surface area contributed by atoms with Gasteiger partial charge >= 0.3 is 0 Å². The lowest BCUT2D eigenvalue weighted by molar-refractivity contribution is 0.149. The van der Waals surface area contributed by atoms with Gasteiger partial charge in [-0.25, -0.2) is 15.0 Å². The maximum absolute atomic E-state index is 6.32. The van der Waals surface area contributed by atoms with Crippen LogP contribution in [0.2, 0.25) is 0 Å². The maximum atomic E-state index is 6.32. The third-order valence-electron chi connectivity index (χ3n) is 6.53. The van der Waals surface area contributed by atoms with E-state index in [4.69, 9.17) is 15.5 Å². The van der Waals surface area contributed by atoms with Crippen molar-refractivity contribution in [2.45, 2.75) is 56.6 Å². The van der Waals surface area contributed by atoms with Crippen molar-refractivity contribution in [3.05, 3.63) is 36.4 Å². The summed E-state index contributed by atoms with van der Waals surface area (Å²) in [4.78, 5) is 19.6. The lowest BCUT2D eigenvalue weighted by Crippen LogP contribution is -2.31. The summed E-state index contributed by atoms with van der Waals surface area (Å²) in [5.41, 5.74) is 6.86. The monoisotopic (exact) mass is 421 g/mol. The number of aromatic amines is 1. The van der Waals surface area contributed by atoms with Crippen LogP contribution in [0.15, 0.2) is 30.6 Å². The zero-order valence-corrected chi connectivity index (χ0v) is 18.1. The number of para-hydroxylation sites is 1. The van der Waals surface area contributed by atoms with E-state index < -0.39 is 0 Å². The number of H-pyrrole nitrogens is 1. The predicted molar refractivity (Wildman–Crippen MR) is 122 cm³/mol. The number of fused-ring (bicyclic) bond motifs is 1. The number of nitrogens with two attached hydrogens (primary N) is 1. The molecule has 1 aromatic carbocycles. The van der Waals surface area contributed by atoms with Crippen LogP contribution in [-0.4, -0.2) is 57.1 Å². The molecule has 31 heavy (non-hydrogen) atoms. The normalized spacial score (nSPS) is 23.2. The number of anilines is 2. The van der Waals surface area contributed by atoms with Crippen molar-refractivity contribution >= 4 is 22.7 Å². The van der Waals surface area contributed by atoms with Gasteiger partial charge in [0.15, 0.2) is 0 Å². The van der Waals surface area contributed by atoms with Crippen molar-refractivity contribution < 1.29 is 4.74 Å². The third kappa shape index (κ3) is 4.65. The zero-order valence-electron chi connectivity index (χ0n) is 18.1. The third-order valence-corrected chi connectivity index (χ3v) is 6.53. The summed E-state index contributed by atoms with van der Waals surface area (Å²) in [5.74, 6) is 3.67. The molecule has 8 heteroatoms. The highest BCUT2D eigenvalue weighted by Gasteiger charge is 2.22. The molecule has 8 nitrogen and oxygen atoms in total. The number of nitrogens with zero attached hydrogens (tertiary/aromatic N) is 4. The first-order valence-electron chi connectivity index (χ1n) is 11.3. The molecular formula is C23H31N7O. The second kappa shape index (κ2) is 8.80. The van der Waals surface area contributed by atoms with Gasteiger partial charge < -0.3 is 25.7 Å². The van der Waals surface area contributed by atoms with Crippen LogP contribution in [0.3, 0.4) is 0 Å². The summed E-state index contributed by atoms with van der Waals surface area (Å²) in [6.07, 6.45) is 10.1. The molecule has 0 amide bonds. The maximum Gasteiger partial charge on any atom is 0.229 e. The van der Waals surface area contributed by atoms with Crippen LogP contribution in [0.4, 0.5) is 11.8 Å². The van der Waals surface area contributed by atoms with Crippen LogP contribution in [-0.2, 0) is 0 Å². The highest BCUT2D eigenvalue weighted by molar-refractivity contribution is 5.84. The molecule has 3 aromatic rings. The summed E-state index contributed by atoms with van der Waals surface area (Å²) in [6.45, 7) is 2.22. The molecular weight excluding hydrogens is 390 g/mol. The van der Waals surface area contributed by atoms with Crippen molar-refractivity contribution in [1.82, 2.24) is 24.8 Å². The number of imidazole rings is 1. The van der Waals surface area contributed by atoms with E-state index in [1.54, 1.807) is 0 Å². The first-order chi connectivity index (χ1) is 15.1. The Morgan fingerprint density at radius 3 is 2.68 bits per heavy atom. The van der Waals surface area contributed by atoms with E-state index in [0.717, 1.165) is 79.9 Å². The molecule has 2 fully saturated rings. The molecule has 4 N–H and O–H groups in total. The Morgan fingerprint density at radius 2 is 1.87 bits per heavy atom. The Morgan fingerprint density at radius 1 is 1.06 bits per heavy atom. The van der Waals surface area contributed by atoms with Crippen LogP contribution in [0, 0.1) is 0 Å². The van der Waals surface area contributed by atoms with Crippen LogP contribution in [0.1, 0.15) is 50.3 Å². The minimum absolute atomic E-state index is 0.196. The molecule has 3 heterocycles. The number of ether oxygens (including phenoxy) is 1. The van der Waals surface area contributed by atoms with Crippen molar-refractivity contribution in [2.24, 2.45) is 5.73 Å². The van der Waals surface area contributed by atoms with E-state index in [2.05, 4.69) is 32.2 Å². The number of benzene rings is 1. The summed E-state index contributed by atoms with van der Waals surface area (Å²) in [5, 5.41) is 4.24. The van der Waals surface area contributed by atoms with Crippen LogP contribution < -0.4 is 15.8 Å². The van der Waals surface area contributed by atoms with Crippen LogP contribution in [0.25, 0.3) is 10.9 Å². The smallest absolute Gasteiger partial charge is 0.229 e. The van der Waals surface area contributed by atoms with Gasteiger partial charge in [-0.3, -0.25) is 0 Å². The summed E-state index contributed by atoms with van der Waals surface area (Å²) < 4.78 is 6.32. The molecule has 164 valence electrons. The van der Waals surface area contributed by atoms with E-state index >= 15 is 0 Å². The second-order valence-corrected chi connectivity index (χ2v) is 8.93. The molecule has 0 unspecified atom stereocenters. The standard InChI is InChI=1S/C23H31N7O/c1-30-11-9-15(10-12-30)22-25-14-20(27-22)28-23-26-13-16-3-2-4-19(21(16)29-23)31-18-7-5-17(24)6-8-18/h2-4,13-15,17-18H,5-12,24H2,1H3,(H,25,27)(H,26,28,29). The zero-order chi connectivity index (χ0) is 21.2. The van der Waals surface area contributed by atoms with Gasteiger partial charge in [-0.1, -0.05) is 12.1 Å². The Balaban J connectivity index is 1.31. The first-order valence-corrected chi connectivity index (χ1v) is 11.3. The molecule has 1 aliphatic carbocycles. The Hall–Kier alpha value is -2.71. The Labute approximate surface area is 182 Å². The highest BCUT2D eigenvalue weighted by Crippen LogP contribution is 2.30. The number of aromatic nitrogens is 4. The van der Waals surface area contributed by atoms with Crippen LogP contribution >= 0.6 is 0 Å². The fraction of sp³-hybridized carbons (Fsp3) is 0.522. The van der Waals surface area contributed by atoms with Gasteiger partial charge in [0.1, 0.15) is 22.9 Å². The summed E-state index contributed by atoms with van der Waals surface area (Å²) in [6, 6.07) is 6.30. The molecule has 2 aromatic heterocycles. The van der Waals surface area contributed by atoms with Gasteiger partial charge in [-0.15, -0.1) is 0 Å². The van der Waals surface area contributed by atoms with E-state index in [1.165, 1.54) is 0 Å². The van der Waals surface area contributed by atoms with Gasteiger partial charge in [0, 0.05) is 23.5 Å². The minimum atomic E-state index is 0.196. The quantitative estimate of drug-likeness (QED) is 0.578. The van der Waals surface area contributed by atoms with E-state index in [9.17, 15) is 0 Å². The number of hydrogen-bond acceptors (Lipinski definition) is 7. The fourth-order valence-electron chi connectivity index (χ4n) is 4.58. The van der Waals surface area contributed by atoms with E-state index in [1.807, 2.05) is 30.6 Å².